The molecular formula is C28H27N7O3S. The highest BCUT2D eigenvalue weighted by Gasteiger charge is 2.31. The minimum Gasteiger partial charge on any atom is -0.384 e. The minimum absolute atomic E-state index is 0.0583. The van der Waals surface area contributed by atoms with Crippen molar-refractivity contribution >= 4 is 44.7 Å². The van der Waals surface area contributed by atoms with E-state index in [2.05, 4.69) is 21.1 Å². The van der Waals surface area contributed by atoms with E-state index in [1.165, 1.54) is 18.4 Å². The van der Waals surface area contributed by atoms with Gasteiger partial charge in [-0.2, -0.15) is 9.61 Å². The van der Waals surface area contributed by atoms with Crippen molar-refractivity contribution in [2.24, 2.45) is 0 Å². The lowest BCUT2D eigenvalue weighted by Gasteiger charge is -2.33. The number of pyridine rings is 2. The SMILES string of the molecule is CC(=O)c1c(C2CCN(C(=O)[C@@H](C)O)CC2)nc2c(-c3ccc(-c4cnc5sccc5c4)nc3)cnn2c1N. The number of anilines is 1. The van der Waals surface area contributed by atoms with Gasteiger partial charge in [0.25, 0.3) is 5.91 Å². The summed E-state index contributed by atoms with van der Waals surface area (Å²) in [6.07, 6.45) is 5.48. The minimum atomic E-state index is -1.04. The van der Waals surface area contributed by atoms with E-state index in [0.717, 1.165) is 32.6 Å². The van der Waals surface area contributed by atoms with Gasteiger partial charge in [-0.1, -0.05) is 6.07 Å². The molecule has 5 aromatic rings. The van der Waals surface area contributed by atoms with Gasteiger partial charge in [0.15, 0.2) is 11.4 Å². The quantitative estimate of drug-likeness (QED) is 0.319. The van der Waals surface area contributed by atoms with Gasteiger partial charge in [-0.3, -0.25) is 14.6 Å². The van der Waals surface area contributed by atoms with Crippen LogP contribution in [0.1, 0.15) is 48.7 Å². The molecule has 3 N–H and O–H groups in total. The van der Waals surface area contributed by atoms with E-state index in [4.69, 9.17) is 10.7 Å². The van der Waals surface area contributed by atoms with Crippen molar-refractivity contribution in [2.75, 3.05) is 18.8 Å². The van der Waals surface area contributed by atoms with Crippen LogP contribution in [0.2, 0.25) is 0 Å². The maximum absolute atomic E-state index is 12.7. The zero-order chi connectivity index (χ0) is 27.3. The van der Waals surface area contributed by atoms with Crippen LogP contribution in [0, 0.1) is 0 Å². The molecule has 0 bridgehead atoms. The third kappa shape index (κ3) is 4.43. The van der Waals surface area contributed by atoms with Gasteiger partial charge in [-0.15, -0.1) is 11.3 Å². The summed E-state index contributed by atoms with van der Waals surface area (Å²) in [7, 11) is 0. The normalized spacial score (nSPS) is 15.2. The van der Waals surface area contributed by atoms with Crippen molar-refractivity contribution in [2.45, 2.75) is 38.7 Å². The number of hydrogen-bond acceptors (Lipinski definition) is 9. The van der Waals surface area contributed by atoms with Crippen LogP contribution >= 0.6 is 11.3 Å². The second-order valence-electron chi connectivity index (χ2n) is 9.85. The number of aliphatic hydroxyl groups excluding tert-OH is 1. The Balaban J connectivity index is 1.35. The van der Waals surface area contributed by atoms with E-state index in [1.54, 1.807) is 28.6 Å². The zero-order valence-corrected chi connectivity index (χ0v) is 22.4. The average Bonchev–Trinajstić information content (AvgIpc) is 3.59. The molecule has 0 saturated carbocycles. The van der Waals surface area contributed by atoms with Crippen molar-refractivity contribution in [1.29, 1.82) is 0 Å². The van der Waals surface area contributed by atoms with Gasteiger partial charge >= 0.3 is 0 Å². The molecule has 39 heavy (non-hydrogen) atoms. The van der Waals surface area contributed by atoms with Crippen LogP contribution in [-0.4, -0.2) is 65.5 Å². The average molecular weight is 542 g/mol. The number of carbonyl (C=O) groups excluding carboxylic acids is 2. The first-order valence-corrected chi connectivity index (χ1v) is 13.6. The number of carbonyl (C=O) groups is 2. The molecule has 11 heteroatoms. The molecule has 5 aromatic heterocycles. The summed E-state index contributed by atoms with van der Waals surface area (Å²) < 4.78 is 1.50. The Bertz CT molecular complexity index is 1720. The summed E-state index contributed by atoms with van der Waals surface area (Å²) in [6.45, 7) is 3.90. The van der Waals surface area contributed by atoms with Crippen LogP contribution in [-0.2, 0) is 4.79 Å². The molecule has 0 spiro atoms. The van der Waals surface area contributed by atoms with Gasteiger partial charge in [0.2, 0.25) is 0 Å². The predicted octanol–water partition coefficient (Wildman–Crippen LogP) is 3.94. The van der Waals surface area contributed by atoms with Crippen LogP contribution in [0.5, 0.6) is 0 Å². The first-order chi connectivity index (χ1) is 18.8. The molecule has 10 nitrogen and oxygen atoms in total. The van der Waals surface area contributed by atoms with Crippen LogP contribution in [0.3, 0.4) is 0 Å². The molecule has 1 saturated heterocycles. The molecule has 1 fully saturated rings. The van der Waals surface area contributed by atoms with E-state index in [9.17, 15) is 14.7 Å². The predicted molar refractivity (Wildman–Crippen MR) is 149 cm³/mol. The fourth-order valence-corrected chi connectivity index (χ4v) is 5.97. The number of aliphatic hydroxyl groups is 1. The van der Waals surface area contributed by atoms with Gasteiger partial charge < -0.3 is 15.7 Å². The Morgan fingerprint density at radius 2 is 1.87 bits per heavy atom. The van der Waals surface area contributed by atoms with Gasteiger partial charge in [0, 0.05) is 53.5 Å². The summed E-state index contributed by atoms with van der Waals surface area (Å²) in [5.74, 6) is -0.283. The molecule has 1 aliphatic heterocycles. The highest BCUT2D eigenvalue weighted by Crippen LogP contribution is 2.35. The lowest BCUT2D eigenvalue weighted by atomic mass is 9.89. The Morgan fingerprint density at radius 1 is 1.10 bits per heavy atom. The third-order valence-corrected chi connectivity index (χ3v) is 8.13. The van der Waals surface area contributed by atoms with Crippen molar-refractivity contribution in [1.82, 2.24) is 29.5 Å². The van der Waals surface area contributed by atoms with Crippen molar-refractivity contribution < 1.29 is 14.7 Å². The molecule has 0 aromatic carbocycles. The third-order valence-electron chi connectivity index (χ3n) is 7.29. The van der Waals surface area contributed by atoms with E-state index >= 15 is 0 Å². The Morgan fingerprint density at radius 3 is 2.56 bits per heavy atom. The highest BCUT2D eigenvalue weighted by molar-refractivity contribution is 7.16. The van der Waals surface area contributed by atoms with Crippen LogP contribution < -0.4 is 5.73 Å². The number of nitrogens with zero attached hydrogens (tertiary/aromatic N) is 6. The molecule has 198 valence electrons. The molecule has 6 heterocycles. The summed E-state index contributed by atoms with van der Waals surface area (Å²) >= 11 is 1.60. The van der Waals surface area contributed by atoms with Crippen molar-refractivity contribution in [3.8, 4) is 22.4 Å². The molecule has 6 rings (SSSR count). The lowest BCUT2D eigenvalue weighted by molar-refractivity contribution is -0.140. The first kappa shape index (κ1) is 25.1. The second kappa shape index (κ2) is 9.83. The van der Waals surface area contributed by atoms with Gasteiger partial charge in [0.05, 0.1) is 23.1 Å². The highest BCUT2D eigenvalue weighted by atomic mass is 32.1. The largest absolute Gasteiger partial charge is 0.384 e. The van der Waals surface area contributed by atoms with Crippen molar-refractivity contribution in [3.05, 3.63) is 59.5 Å². The number of fused-ring (bicyclic) bond motifs is 2. The number of aromatic nitrogens is 5. The molecule has 1 atom stereocenters. The smallest absolute Gasteiger partial charge is 0.251 e. The molecule has 1 amide bonds. The molecule has 1 aliphatic rings. The number of ketones is 1. The Hall–Kier alpha value is -4.22. The van der Waals surface area contributed by atoms with Crippen LogP contribution in [0.25, 0.3) is 38.2 Å². The van der Waals surface area contributed by atoms with Crippen molar-refractivity contribution in [3.63, 3.8) is 0 Å². The Kier molecular flexibility index (Phi) is 6.32. The second-order valence-corrected chi connectivity index (χ2v) is 10.7. The molecular weight excluding hydrogens is 514 g/mol. The maximum Gasteiger partial charge on any atom is 0.251 e. The van der Waals surface area contributed by atoms with E-state index < -0.39 is 6.10 Å². The molecule has 0 aliphatic carbocycles. The van der Waals surface area contributed by atoms with Gasteiger partial charge in [-0.05, 0) is 50.3 Å². The summed E-state index contributed by atoms with van der Waals surface area (Å²) in [4.78, 5) is 41.7. The topological polar surface area (TPSA) is 140 Å². The number of likely N-dealkylation sites (tertiary alicyclic amines) is 1. The van der Waals surface area contributed by atoms with E-state index in [0.29, 0.717) is 42.8 Å². The summed E-state index contributed by atoms with van der Waals surface area (Å²) in [5, 5.41) is 17.2. The van der Waals surface area contributed by atoms with E-state index in [-0.39, 0.29) is 23.4 Å². The standard InChI is InChI=1S/C28H27N7O3S/c1-15(36)23-24(17-5-8-34(9-6-17)28(38)16(2)37)33-26-21(14-32-35(26)25(23)29)19-3-4-22(30-12-19)20-11-18-7-10-39-27(18)31-13-20/h3-4,7,10-14,16-17,37H,5-6,8-9,29H2,1-2H3/t16-/m1/s1. The number of hydrogen-bond donors (Lipinski definition) is 2. The Labute approximate surface area is 228 Å². The lowest BCUT2D eigenvalue weighted by Crippen LogP contribution is -2.42. The fourth-order valence-electron chi connectivity index (χ4n) is 5.25. The number of nitrogen functional groups attached to an aromatic ring is 1. The number of rotatable bonds is 5. The number of amides is 1. The monoisotopic (exact) mass is 541 g/mol. The van der Waals surface area contributed by atoms with Crippen LogP contribution in [0.15, 0.2) is 48.2 Å². The number of thiophene rings is 1. The maximum atomic E-state index is 12.7. The first-order valence-electron chi connectivity index (χ1n) is 12.8. The van der Waals surface area contributed by atoms with Gasteiger partial charge in [0.1, 0.15) is 16.8 Å². The summed E-state index contributed by atoms with van der Waals surface area (Å²) in [6, 6.07) is 8.03. The van der Waals surface area contributed by atoms with Gasteiger partial charge in [-0.25, -0.2) is 9.97 Å². The zero-order valence-electron chi connectivity index (χ0n) is 21.5. The summed E-state index contributed by atoms with van der Waals surface area (Å²) in [5.41, 5.74) is 11.3. The fraction of sp³-hybridized carbons (Fsp3) is 0.286. The molecule has 0 unspecified atom stereocenters. The van der Waals surface area contributed by atoms with Crippen LogP contribution in [0.4, 0.5) is 5.82 Å². The number of nitrogens with two attached hydrogens (primary N) is 1. The molecule has 0 radical (unpaired) electrons. The van der Waals surface area contributed by atoms with E-state index in [1.807, 2.05) is 29.8 Å². The number of piperidine rings is 1. The number of Topliss-reactive ketones (excluding diaryl/α,β-unsaturated/α-hetero) is 1.